The summed E-state index contributed by atoms with van der Waals surface area (Å²) < 4.78 is 32.8. The summed E-state index contributed by atoms with van der Waals surface area (Å²) in [5, 5.41) is 9.09. The van der Waals surface area contributed by atoms with Crippen molar-refractivity contribution in [1.82, 2.24) is 9.03 Å². The van der Waals surface area contributed by atoms with Gasteiger partial charge in [0.1, 0.15) is 0 Å². The van der Waals surface area contributed by atoms with Crippen molar-refractivity contribution >= 4 is 10.2 Å². The van der Waals surface area contributed by atoms with Gasteiger partial charge in [0.2, 0.25) is 0 Å². The molecule has 7 heteroatoms. The molecule has 1 rings (SSSR count). The second-order valence-corrected chi connectivity index (χ2v) is 5.87. The molecular formula is C9H20N2O4S. The number of morpholine rings is 1. The highest BCUT2D eigenvalue weighted by molar-refractivity contribution is 7.87. The molecule has 1 aliphatic rings. The van der Waals surface area contributed by atoms with E-state index in [0.29, 0.717) is 26.3 Å². The fourth-order valence-electron chi connectivity index (χ4n) is 1.44. The topological polar surface area (TPSA) is 78.9 Å². The monoisotopic (exact) mass is 252 g/mol. The van der Waals surface area contributed by atoms with E-state index in [9.17, 15) is 8.42 Å². The SMILES string of the molecule is CC(C)C(CO)NS(=O)(=O)N1CCOCC1. The molecule has 6 nitrogen and oxygen atoms in total. The molecule has 16 heavy (non-hydrogen) atoms. The van der Waals surface area contributed by atoms with Crippen LogP contribution in [0.15, 0.2) is 0 Å². The van der Waals surface area contributed by atoms with E-state index in [4.69, 9.17) is 9.84 Å². The molecule has 0 amide bonds. The molecule has 1 unspecified atom stereocenters. The van der Waals surface area contributed by atoms with Gasteiger partial charge < -0.3 is 9.84 Å². The van der Waals surface area contributed by atoms with Crippen LogP contribution in [-0.2, 0) is 14.9 Å². The maximum absolute atomic E-state index is 11.9. The lowest BCUT2D eigenvalue weighted by molar-refractivity contribution is 0.0719. The standard InChI is InChI=1S/C9H20N2O4S/c1-8(2)9(7-12)10-16(13,14)11-3-5-15-6-4-11/h8-10,12H,3-7H2,1-2H3. The third kappa shape index (κ3) is 3.67. The van der Waals surface area contributed by atoms with Crippen molar-refractivity contribution in [3.8, 4) is 0 Å². The highest BCUT2D eigenvalue weighted by Crippen LogP contribution is 2.07. The molecular weight excluding hydrogens is 232 g/mol. The van der Waals surface area contributed by atoms with Gasteiger partial charge in [-0.3, -0.25) is 0 Å². The molecule has 0 aromatic carbocycles. The molecule has 0 aromatic heterocycles. The van der Waals surface area contributed by atoms with E-state index in [1.807, 2.05) is 13.8 Å². The van der Waals surface area contributed by atoms with Crippen LogP contribution in [0.25, 0.3) is 0 Å². The van der Waals surface area contributed by atoms with Crippen molar-refractivity contribution in [2.75, 3.05) is 32.9 Å². The van der Waals surface area contributed by atoms with Crippen LogP contribution in [0.1, 0.15) is 13.8 Å². The Balaban J connectivity index is 2.62. The minimum absolute atomic E-state index is 0.0563. The smallest absolute Gasteiger partial charge is 0.279 e. The molecule has 1 fully saturated rings. The Morgan fingerprint density at radius 3 is 2.38 bits per heavy atom. The van der Waals surface area contributed by atoms with Crippen molar-refractivity contribution in [3.63, 3.8) is 0 Å². The van der Waals surface area contributed by atoms with Crippen LogP contribution < -0.4 is 4.72 Å². The maximum Gasteiger partial charge on any atom is 0.279 e. The Bertz CT molecular complexity index is 299. The van der Waals surface area contributed by atoms with Gasteiger partial charge in [-0.05, 0) is 5.92 Å². The zero-order valence-electron chi connectivity index (χ0n) is 9.72. The molecule has 0 saturated carbocycles. The predicted molar refractivity (Wildman–Crippen MR) is 60.2 cm³/mol. The van der Waals surface area contributed by atoms with Gasteiger partial charge in [0.15, 0.2) is 0 Å². The number of hydrogen-bond donors (Lipinski definition) is 2. The molecule has 0 spiro atoms. The first-order valence-corrected chi connectivity index (χ1v) is 6.87. The van der Waals surface area contributed by atoms with E-state index >= 15 is 0 Å². The zero-order chi connectivity index (χ0) is 12.2. The second kappa shape index (κ2) is 5.92. The number of aliphatic hydroxyl groups excluding tert-OH is 1. The Morgan fingerprint density at radius 1 is 1.38 bits per heavy atom. The Labute approximate surface area is 96.8 Å². The van der Waals surface area contributed by atoms with Crippen LogP contribution in [0.4, 0.5) is 0 Å². The van der Waals surface area contributed by atoms with Gasteiger partial charge in [-0.1, -0.05) is 13.8 Å². The van der Waals surface area contributed by atoms with E-state index in [2.05, 4.69) is 4.72 Å². The Morgan fingerprint density at radius 2 is 1.94 bits per heavy atom. The predicted octanol–water partition coefficient (Wildman–Crippen LogP) is -0.830. The molecule has 0 aromatic rings. The van der Waals surface area contributed by atoms with Crippen LogP contribution >= 0.6 is 0 Å². The summed E-state index contributed by atoms with van der Waals surface area (Å²) in [5.41, 5.74) is 0. The van der Waals surface area contributed by atoms with Crippen LogP contribution in [0.5, 0.6) is 0 Å². The van der Waals surface area contributed by atoms with E-state index in [1.54, 1.807) is 0 Å². The normalized spacial score (nSPS) is 21.2. The zero-order valence-corrected chi connectivity index (χ0v) is 10.5. The summed E-state index contributed by atoms with van der Waals surface area (Å²) in [5.74, 6) is 0.0563. The van der Waals surface area contributed by atoms with E-state index in [-0.39, 0.29) is 12.5 Å². The lowest BCUT2D eigenvalue weighted by atomic mass is 10.1. The lowest BCUT2D eigenvalue weighted by Crippen LogP contribution is -2.51. The molecule has 0 radical (unpaired) electrons. The molecule has 1 atom stereocenters. The molecule has 2 N–H and O–H groups in total. The second-order valence-electron chi connectivity index (χ2n) is 4.17. The van der Waals surface area contributed by atoms with Crippen molar-refractivity contribution in [2.45, 2.75) is 19.9 Å². The van der Waals surface area contributed by atoms with Crippen molar-refractivity contribution in [3.05, 3.63) is 0 Å². The third-order valence-electron chi connectivity index (χ3n) is 2.61. The van der Waals surface area contributed by atoms with Crippen LogP contribution in [-0.4, -0.2) is 56.8 Å². The summed E-state index contributed by atoms with van der Waals surface area (Å²) in [7, 11) is -3.50. The number of hydrogen-bond acceptors (Lipinski definition) is 4. The van der Waals surface area contributed by atoms with Crippen molar-refractivity contribution in [1.29, 1.82) is 0 Å². The maximum atomic E-state index is 11.9. The van der Waals surface area contributed by atoms with Crippen molar-refractivity contribution in [2.24, 2.45) is 5.92 Å². The molecule has 96 valence electrons. The fourth-order valence-corrected chi connectivity index (χ4v) is 2.95. The highest BCUT2D eigenvalue weighted by Gasteiger charge is 2.27. The summed E-state index contributed by atoms with van der Waals surface area (Å²) in [6.07, 6.45) is 0. The Hall–Kier alpha value is -0.210. The average molecular weight is 252 g/mol. The molecule has 1 aliphatic heterocycles. The summed E-state index contributed by atoms with van der Waals surface area (Å²) >= 11 is 0. The third-order valence-corrected chi connectivity index (χ3v) is 4.26. The van der Waals surface area contributed by atoms with Gasteiger partial charge >= 0.3 is 0 Å². The molecule has 0 aliphatic carbocycles. The van der Waals surface area contributed by atoms with E-state index in [0.717, 1.165) is 0 Å². The molecule has 1 saturated heterocycles. The lowest BCUT2D eigenvalue weighted by Gasteiger charge is -2.29. The van der Waals surface area contributed by atoms with Gasteiger partial charge in [-0.15, -0.1) is 0 Å². The van der Waals surface area contributed by atoms with Gasteiger partial charge in [-0.25, -0.2) is 0 Å². The van der Waals surface area contributed by atoms with E-state index in [1.165, 1.54) is 4.31 Å². The van der Waals surface area contributed by atoms with Crippen LogP contribution in [0.2, 0.25) is 0 Å². The quantitative estimate of drug-likeness (QED) is 0.669. The van der Waals surface area contributed by atoms with Crippen LogP contribution in [0, 0.1) is 5.92 Å². The first kappa shape index (κ1) is 13.9. The van der Waals surface area contributed by atoms with Gasteiger partial charge in [0, 0.05) is 19.1 Å². The summed E-state index contributed by atoms with van der Waals surface area (Å²) in [6.45, 7) is 5.11. The van der Waals surface area contributed by atoms with Gasteiger partial charge in [0.05, 0.1) is 19.8 Å². The summed E-state index contributed by atoms with van der Waals surface area (Å²) in [6, 6.07) is -0.437. The van der Waals surface area contributed by atoms with Gasteiger partial charge in [0.25, 0.3) is 10.2 Å². The fraction of sp³-hybridized carbons (Fsp3) is 1.00. The first-order chi connectivity index (χ1) is 7.47. The molecule has 0 bridgehead atoms. The minimum Gasteiger partial charge on any atom is -0.395 e. The van der Waals surface area contributed by atoms with Gasteiger partial charge in [-0.2, -0.15) is 17.4 Å². The number of aliphatic hydroxyl groups is 1. The molecule has 1 heterocycles. The van der Waals surface area contributed by atoms with Crippen LogP contribution in [0.3, 0.4) is 0 Å². The van der Waals surface area contributed by atoms with E-state index < -0.39 is 16.3 Å². The largest absolute Gasteiger partial charge is 0.395 e. The highest BCUT2D eigenvalue weighted by atomic mass is 32.2. The number of ether oxygens (including phenoxy) is 1. The minimum atomic E-state index is -3.50. The number of nitrogens with one attached hydrogen (secondary N) is 1. The average Bonchev–Trinajstić information content (AvgIpc) is 2.27. The summed E-state index contributed by atoms with van der Waals surface area (Å²) in [4.78, 5) is 0. The Kier molecular flexibility index (Phi) is 5.13. The first-order valence-electron chi connectivity index (χ1n) is 5.43. The number of rotatable bonds is 5. The number of nitrogens with zero attached hydrogens (tertiary/aromatic N) is 1. The van der Waals surface area contributed by atoms with Crippen molar-refractivity contribution < 1.29 is 18.3 Å².